The number of halogens is 1. The van der Waals surface area contributed by atoms with Crippen molar-refractivity contribution in [3.8, 4) is 22.5 Å². The fourth-order valence-electron chi connectivity index (χ4n) is 4.72. The highest BCUT2D eigenvalue weighted by molar-refractivity contribution is 9.10. The highest BCUT2D eigenvalue weighted by Crippen LogP contribution is 2.41. The van der Waals surface area contributed by atoms with Crippen LogP contribution in [-0.2, 0) is 19.9 Å². The molecule has 2 heterocycles. The van der Waals surface area contributed by atoms with Gasteiger partial charge in [-0.15, -0.1) is 10.2 Å². The van der Waals surface area contributed by atoms with Crippen molar-refractivity contribution in [3.05, 3.63) is 69.6 Å². The number of fused-ring (bicyclic) bond motifs is 3. The van der Waals surface area contributed by atoms with Crippen LogP contribution >= 0.6 is 15.9 Å². The third-order valence-corrected chi connectivity index (χ3v) is 7.36. The van der Waals surface area contributed by atoms with Crippen molar-refractivity contribution in [1.82, 2.24) is 35.1 Å². The molecule has 2 aromatic carbocycles. The molecule has 37 heavy (non-hydrogen) atoms. The van der Waals surface area contributed by atoms with Crippen LogP contribution in [0.3, 0.4) is 0 Å². The van der Waals surface area contributed by atoms with Gasteiger partial charge in [-0.25, -0.2) is 9.97 Å². The molecule has 3 N–H and O–H groups in total. The van der Waals surface area contributed by atoms with Gasteiger partial charge >= 0.3 is 0 Å². The van der Waals surface area contributed by atoms with E-state index in [9.17, 15) is 0 Å². The average molecular weight is 563 g/mol. The zero-order valence-electron chi connectivity index (χ0n) is 21.3. The average Bonchev–Trinajstić information content (AvgIpc) is 3.49. The van der Waals surface area contributed by atoms with Crippen LogP contribution in [-0.4, -0.2) is 68.3 Å². The number of aromatic nitrogens is 6. The molecule has 0 atom stereocenters. The van der Waals surface area contributed by atoms with Crippen molar-refractivity contribution in [1.29, 1.82) is 0 Å². The predicted octanol–water partition coefficient (Wildman–Crippen LogP) is 3.67. The SMILES string of the molecule is CN(CCCN)CCCNc1nc(Cc2ccccc2Br)nc2c1-c1ccc(-c3nnn(C)n3)cc1C2. The Morgan fingerprint density at radius 1 is 1.11 bits per heavy atom. The van der Waals surface area contributed by atoms with Crippen LogP contribution in [0.2, 0.25) is 0 Å². The van der Waals surface area contributed by atoms with E-state index in [0.29, 0.717) is 12.2 Å². The Kier molecular flexibility index (Phi) is 7.87. The predicted molar refractivity (Wildman–Crippen MR) is 149 cm³/mol. The Labute approximate surface area is 225 Å². The van der Waals surface area contributed by atoms with E-state index in [1.54, 1.807) is 7.05 Å². The molecule has 0 unspecified atom stereocenters. The third kappa shape index (κ3) is 5.87. The number of nitrogens with two attached hydrogens (primary N) is 1. The lowest BCUT2D eigenvalue weighted by atomic mass is 10.0. The highest BCUT2D eigenvalue weighted by atomic mass is 79.9. The summed E-state index contributed by atoms with van der Waals surface area (Å²) in [5, 5.41) is 16.2. The summed E-state index contributed by atoms with van der Waals surface area (Å²) >= 11 is 3.67. The van der Waals surface area contributed by atoms with Crippen LogP contribution in [0, 0.1) is 0 Å². The third-order valence-electron chi connectivity index (χ3n) is 6.59. The quantitative estimate of drug-likeness (QED) is 0.235. The molecule has 4 aromatic rings. The standard InChI is InChI=1S/C27H32BrN9/c1-36(13-5-11-29)14-6-12-30-27-25-21-10-9-19(26-33-35-37(2)34-26)15-20(21)16-23(25)31-24(32-27)17-18-7-3-4-8-22(18)28/h3-4,7-10,15H,5-6,11-14,16-17,29H2,1-2H3,(H,30,31,32). The number of aryl methyl sites for hydroxylation is 1. The van der Waals surface area contributed by atoms with Gasteiger partial charge in [0.15, 0.2) is 0 Å². The van der Waals surface area contributed by atoms with E-state index in [-0.39, 0.29) is 0 Å². The summed E-state index contributed by atoms with van der Waals surface area (Å²) in [6.45, 7) is 3.59. The molecular weight excluding hydrogens is 530 g/mol. The molecule has 5 rings (SSSR count). The maximum atomic E-state index is 5.65. The van der Waals surface area contributed by atoms with Crippen molar-refractivity contribution in [3.63, 3.8) is 0 Å². The minimum atomic E-state index is 0.624. The van der Waals surface area contributed by atoms with Crippen LogP contribution < -0.4 is 11.1 Å². The number of rotatable bonds is 11. The van der Waals surface area contributed by atoms with Crippen molar-refractivity contribution in [2.24, 2.45) is 12.8 Å². The van der Waals surface area contributed by atoms with Gasteiger partial charge in [0, 0.05) is 35.0 Å². The summed E-state index contributed by atoms with van der Waals surface area (Å²) in [7, 11) is 3.92. The summed E-state index contributed by atoms with van der Waals surface area (Å²) in [4.78, 5) is 13.8. The van der Waals surface area contributed by atoms with Crippen LogP contribution in [0.25, 0.3) is 22.5 Å². The second kappa shape index (κ2) is 11.5. The smallest absolute Gasteiger partial charge is 0.204 e. The Hall–Kier alpha value is -3.21. The van der Waals surface area contributed by atoms with E-state index in [1.165, 1.54) is 15.9 Å². The summed E-state index contributed by atoms with van der Waals surface area (Å²) in [6.07, 6.45) is 3.45. The number of benzene rings is 2. The fourth-order valence-corrected chi connectivity index (χ4v) is 5.15. The maximum absolute atomic E-state index is 5.65. The fraction of sp³-hybridized carbons (Fsp3) is 0.370. The summed E-state index contributed by atoms with van der Waals surface area (Å²) in [5.41, 5.74) is 12.3. The molecule has 0 spiro atoms. The lowest BCUT2D eigenvalue weighted by Crippen LogP contribution is -2.24. The summed E-state index contributed by atoms with van der Waals surface area (Å²) < 4.78 is 1.07. The normalized spacial score (nSPS) is 12.1. The van der Waals surface area contributed by atoms with Gasteiger partial charge in [-0.1, -0.05) is 46.3 Å². The van der Waals surface area contributed by atoms with Gasteiger partial charge in [-0.2, -0.15) is 4.80 Å². The molecule has 10 heteroatoms. The van der Waals surface area contributed by atoms with Crippen LogP contribution in [0.5, 0.6) is 0 Å². The first-order valence-electron chi connectivity index (χ1n) is 12.6. The largest absolute Gasteiger partial charge is 0.369 e. The van der Waals surface area contributed by atoms with E-state index >= 15 is 0 Å². The number of anilines is 1. The number of nitrogens with zero attached hydrogens (tertiary/aromatic N) is 7. The Morgan fingerprint density at radius 3 is 2.73 bits per heavy atom. The molecule has 0 amide bonds. The number of nitrogens with one attached hydrogen (secondary N) is 1. The van der Waals surface area contributed by atoms with Gasteiger partial charge in [-0.3, -0.25) is 0 Å². The molecule has 0 bridgehead atoms. The van der Waals surface area contributed by atoms with Gasteiger partial charge < -0.3 is 16.0 Å². The molecule has 0 fully saturated rings. The van der Waals surface area contributed by atoms with Crippen molar-refractivity contribution in [2.45, 2.75) is 25.7 Å². The van der Waals surface area contributed by atoms with E-state index in [1.807, 2.05) is 12.1 Å². The van der Waals surface area contributed by atoms with Crippen molar-refractivity contribution >= 4 is 21.7 Å². The summed E-state index contributed by atoms with van der Waals surface area (Å²) in [6, 6.07) is 14.6. The first-order chi connectivity index (χ1) is 18.0. The molecule has 1 aliphatic carbocycles. The lowest BCUT2D eigenvalue weighted by molar-refractivity contribution is 0.330. The molecule has 0 saturated heterocycles. The van der Waals surface area contributed by atoms with Crippen LogP contribution in [0.4, 0.5) is 5.82 Å². The van der Waals surface area contributed by atoms with E-state index in [2.05, 4.69) is 78.9 Å². The minimum absolute atomic E-state index is 0.624. The van der Waals surface area contributed by atoms with Gasteiger partial charge in [0.05, 0.1) is 12.7 Å². The van der Waals surface area contributed by atoms with Crippen LogP contribution in [0.1, 0.15) is 35.5 Å². The molecule has 0 radical (unpaired) electrons. The number of hydrogen-bond donors (Lipinski definition) is 2. The lowest BCUT2D eigenvalue weighted by Gasteiger charge is -2.17. The summed E-state index contributed by atoms with van der Waals surface area (Å²) in [5.74, 6) is 2.34. The van der Waals surface area contributed by atoms with E-state index in [0.717, 1.165) is 83.9 Å². The van der Waals surface area contributed by atoms with Crippen LogP contribution in [0.15, 0.2) is 46.9 Å². The molecule has 0 saturated carbocycles. The number of tetrazole rings is 1. The van der Waals surface area contributed by atoms with Gasteiger partial charge in [0.2, 0.25) is 5.82 Å². The second-order valence-electron chi connectivity index (χ2n) is 9.46. The van der Waals surface area contributed by atoms with Crippen molar-refractivity contribution < 1.29 is 0 Å². The zero-order chi connectivity index (χ0) is 25.8. The Balaban J connectivity index is 1.42. The topological polar surface area (TPSA) is 111 Å². The number of hydrogen-bond acceptors (Lipinski definition) is 8. The van der Waals surface area contributed by atoms with Crippen molar-refractivity contribution in [2.75, 3.05) is 38.5 Å². The Bertz CT molecular complexity index is 1380. The molecule has 0 aliphatic heterocycles. The molecule has 9 nitrogen and oxygen atoms in total. The maximum Gasteiger partial charge on any atom is 0.204 e. The van der Waals surface area contributed by atoms with E-state index < -0.39 is 0 Å². The molecule has 192 valence electrons. The Morgan fingerprint density at radius 2 is 1.95 bits per heavy atom. The zero-order valence-corrected chi connectivity index (χ0v) is 22.9. The molecule has 1 aliphatic rings. The van der Waals surface area contributed by atoms with Gasteiger partial charge in [-0.05, 0) is 73.6 Å². The van der Waals surface area contributed by atoms with E-state index in [4.69, 9.17) is 15.7 Å². The second-order valence-corrected chi connectivity index (χ2v) is 10.3. The molecular formula is C27H32BrN9. The van der Waals surface area contributed by atoms with Gasteiger partial charge in [0.1, 0.15) is 11.6 Å². The highest BCUT2D eigenvalue weighted by Gasteiger charge is 2.26. The first kappa shape index (κ1) is 25.4. The monoisotopic (exact) mass is 561 g/mol. The molecule has 2 aromatic heterocycles. The first-order valence-corrected chi connectivity index (χ1v) is 13.4. The van der Waals surface area contributed by atoms with Gasteiger partial charge in [0.25, 0.3) is 0 Å². The minimum Gasteiger partial charge on any atom is -0.369 e.